The van der Waals surface area contributed by atoms with Gasteiger partial charge in [-0.05, 0) is 33.6 Å². The van der Waals surface area contributed by atoms with E-state index in [0.29, 0.717) is 0 Å². The minimum atomic E-state index is -0.280. The molecule has 0 atom stereocenters. The maximum Gasteiger partial charge on any atom is 0.316 e. The molecule has 0 saturated carbocycles. The van der Waals surface area contributed by atoms with Crippen LogP contribution >= 0.6 is 15.9 Å². The van der Waals surface area contributed by atoms with Crippen LogP contribution in [-0.2, 0) is 6.61 Å². The Bertz CT molecular complexity index is 476. The molecule has 0 radical (unpaired) electrons. The van der Waals surface area contributed by atoms with Crippen LogP contribution in [0.5, 0.6) is 6.01 Å². The normalized spacial score (nSPS) is 10.1. The number of rotatable bonds is 3. The van der Waals surface area contributed by atoms with E-state index in [0.717, 1.165) is 10.0 Å². The Balaban J connectivity index is 1.99. The van der Waals surface area contributed by atoms with Gasteiger partial charge in [0.05, 0.1) is 4.47 Å². The number of nitrogens with zero attached hydrogens (tertiary/aromatic N) is 2. The number of halogens is 2. The summed E-state index contributed by atoms with van der Waals surface area (Å²) in [4.78, 5) is 7.88. The lowest BCUT2D eigenvalue weighted by Crippen LogP contribution is -1.99. The molecule has 0 spiro atoms. The van der Waals surface area contributed by atoms with Gasteiger partial charge in [-0.25, -0.2) is 14.4 Å². The van der Waals surface area contributed by atoms with Crippen LogP contribution in [0.4, 0.5) is 4.39 Å². The highest BCUT2D eigenvalue weighted by Gasteiger charge is 1.99. The van der Waals surface area contributed by atoms with Crippen LogP contribution in [0.1, 0.15) is 5.56 Å². The Kier molecular flexibility index (Phi) is 3.46. The summed E-state index contributed by atoms with van der Waals surface area (Å²) in [5.74, 6) is -0.280. The number of ether oxygens (including phenoxy) is 1. The van der Waals surface area contributed by atoms with Gasteiger partial charge in [-0.15, -0.1) is 0 Å². The SMILES string of the molecule is Fc1cccc(COc2ncc(Br)cn2)c1. The van der Waals surface area contributed by atoms with Gasteiger partial charge in [-0.3, -0.25) is 0 Å². The van der Waals surface area contributed by atoms with Gasteiger partial charge in [0.25, 0.3) is 0 Å². The Labute approximate surface area is 100 Å². The second-order valence-electron chi connectivity index (χ2n) is 3.10. The maximum atomic E-state index is 12.9. The monoisotopic (exact) mass is 282 g/mol. The zero-order chi connectivity index (χ0) is 11.4. The van der Waals surface area contributed by atoms with Gasteiger partial charge in [0.15, 0.2) is 0 Å². The molecule has 2 aromatic rings. The summed E-state index contributed by atoms with van der Waals surface area (Å²) in [7, 11) is 0. The first kappa shape index (κ1) is 11.0. The molecule has 82 valence electrons. The van der Waals surface area contributed by atoms with E-state index in [9.17, 15) is 4.39 Å². The molecular formula is C11H8BrFN2O. The molecular weight excluding hydrogens is 275 g/mol. The van der Waals surface area contributed by atoms with Crippen molar-refractivity contribution < 1.29 is 9.13 Å². The van der Waals surface area contributed by atoms with Crippen molar-refractivity contribution in [3.05, 3.63) is 52.5 Å². The van der Waals surface area contributed by atoms with Crippen LogP contribution in [-0.4, -0.2) is 9.97 Å². The zero-order valence-electron chi connectivity index (χ0n) is 8.23. The van der Waals surface area contributed by atoms with Crippen molar-refractivity contribution in [2.45, 2.75) is 6.61 Å². The predicted molar refractivity (Wildman–Crippen MR) is 60.5 cm³/mol. The average molecular weight is 283 g/mol. The Morgan fingerprint density at radius 1 is 1.25 bits per heavy atom. The van der Waals surface area contributed by atoms with Gasteiger partial charge in [-0.1, -0.05) is 12.1 Å². The quantitative estimate of drug-likeness (QED) is 0.868. The van der Waals surface area contributed by atoms with Crippen molar-refractivity contribution in [1.29, 1.82) is 0 Å². The number of hydrogen-bond acceptors (Lipinski definition) is 3. The van der Waals surface area contributed by atoms with E-state index < -0.39 is 0 Å². The van der Waals surface area contributed by atoms with Crippen molar-refractivity contribution >= 4 is 15.9 Å². The van der Waals surface area contributed by atoms with Crippen LogP contribution in [0.2, 0.25) is 0 Å². The first-order chi connectivity index (χ1) is 7.74. The van der Waals surface area contributed by atoms with Crippen LogP contribution in [0.15, 0.2) is 41.1 Å². The molecule has 3 nitrogen and oxygen atoms in total. The van der Waals surface area contributed by atoms with Crippen LogP contribution in [0, 0.1) is 5.82 Å². The molecule has 1 heterocycles. The fourth-order valence-corrected chi connectivity index (χ4v) is 1.35. The second kappa shape index (κ2) is 5.03. The highest BCUT2D eigenvalue weighted by molar-refractivity contribution is 9.10. The molecule has 5 heteroatoms. The zero-order valence-corrected chi connectivity index (χ0v) is 9.82. The summed E-state index contributed by atoms with van der Waals surface area (Å²) in [6, 6.07) is 6.49. The Morgan fingerprint density at radius 2 is 2.00 bits per heavy atom. The molecule has 1 aromatic heterocycles. The molecule has 0 N–H and O–H groups in total. The largest absolute Gasteiger partial charge is 0.459 e. The summed E-state index contributed by atoms with van der Waals surface area (Å²) in [6.07, 6.45) is 3.18. The van der Waals surface area contributed by atoms with Crippen LogP contribution in [0.3, 0.4) is 0 Å². The van der Waals surface area contributed by atoms with E-state index in [2.05, 4.69) is 25.9 Å². The Hall–Kier alpha value is -1.49. The number of hydrogen-bond donors (Lipinski definition) is 0. The first-order valence-electron chi connectivity index (χ1n) is 4.59. The van der Waals surface area contributed by atoms with Gasteiger partial charge in [0, 0.05) is 12.4 Å². The fraction of sp³-hybridized carbons (Fsp3) is 0.0909. The minimum Gasteiger partial charge on any atom is -0.459 e. The van der Waals surface area contributed by atoms with Gasteiger partial charge in [0.1, 0.15) is 12.4 Å². The smallest absolute Gasteiger partial charge is 0.316 e. The third kappa shape index (κ3) is 3.00. The predicted octanol–water partition coefficient (Wildman–Crippen LogP) is 2.96. The molecule has 0 bridgehead atoms. The summed E-state index contributed by atoms with van der Waals surface area (Å²) in [5, 5.41) is 0. The minimum absolute atomic E-state index is 0.249. The lowest BCUT2D eigenvalue weighted by molar-refractivity contribution is 0.280. The van der Waals surface area contributed by atoms with Gasteiger partial charge < -0.3 is 4.74 Å². The maximum absolute atomic E-state index is 12.9. The van der Waals surface area contributed by atoms with Crippen molar-refractivity contribution in [1.82, 2.24) is 9.97 Å². The molecule has 0 saturated heterocycles. The molecule has 0 amide bonds. The summed E-state index contributed by atoms with van der Waals surface area (Å²) in [5.41, 5.74) is 0.742. The highest BCUT2D eigenvalue weighted by Crippen LogP contribution is 2.10. The molecule has 16 heavy (non-hydrogen) atoms. The molecule has 0 unspecified atom stereocenters. The Morgan fingerprint density at radius 3 is 2.69 bits per heavy atom. The standard InChI is InChI=1S/C11H8BrFN2O/c12-9-5-14-11(15-6-9)16-7-8-2-1-3-10(13)4-8/h1-6H,7H2. The lowest BCUT2D eigenvalue weighted by atomic mass is 10.2. The summed E-state index contributed by atoms with van der Waals surface area (Å²) in [6.45, 7) is 0.249. The third-order valence-electron chi connectivity index (χ3n) is 1.85. The van der Waals surface area contributed by atoms with Gasteiger partial charge in [-0.2, -0.15) is 0 Å². The molecule has 0 fully saturated rings. The lowest BCUT2D eigenvalue weighted by Gasteiger charge is -2.03. The fourth-order valence-electron chi connectivity index (χ4n) is 1.15. The number of aromatic nitrogens is 2. The molecule has 2 rings (SSSR count). The average Bonchev–Trinajstić information content (AvgIpc) is 2.28. The third-order valence-corrected chi connectivity index (χ3v) is 2.26. The van der Waals surface area contributed by atoms with E-state index in [1.54, 1.807) is 24.5 Å². The van der Waals surface area contributed by atoms with Crippen LogP contribution < -0.4 is 4.74 Å². The van der Waals surface area contributed by atoms with Crippen molar-refractivity contribution in [2.24, 2.45) is 0 Å². The molecule has 0 aliphatic heterocycles. The summed E-state index contributed by atoms with van der Waals surface area (Å²) < 4.78 is 18.9. The van der Waals surface area contributed by atoms with Gasteiger partial charge >= 0.3 is 6.01 Å². The van der Waals surface area contributed by atoms with Gasteiger partial charge in [0.2, 0.25) is 0 Å². The molecule has 0 aliphatic rings. The molecule has 0 aliphatic carbocycles. The highest BCUT2D eigenvalue weighted by atomic mass is 79.9. The summed E-state index contributed by atoms with van der Waals surface area (Å²) >= 11 is 3.22. The van der Waals surface area contributed by atoms with E-state index in [-0.39, 0.29) is 18.4 Å². The molecule has 1 aromatic carbocycles. The second-order valence-corrected chi connectivity index (χ2v) is 4.02. The van der Waals surface area contributed by atoms with E-state index in [1.807, 2.05) is 0 Å². The topological polar surface area (TPSA) is 35.0 Å². The van der Waals surface area contributed by atoms with E-state index in [1.165, 1.54) is 12.1 Å². The van der Waals surface area contributed by atoms with Crippen molar-refractivity contribution in [3.63, 3.8) is 0 Å². The van der Waals surface area contributed by atoms with E-state index >= 15 is 0 Å². The van der Waals surface area contributed by atoms with Crippen molar-refractivity contribution in [3.8, 4) is 6.01 Å². The van der Waals surface area contributed by atoms with Crippen molar-refractivity contribution in [2.75, 3.05) is 0 Å². The van der Waals surface area contributed by atoms with E-state index in [4.69, 9.17) is 4.74 Å². The van der Waals surface area contributed by atoms with Crippen LogP contribution in [0.25, 0.3) is 0 Å². The first-order valence-corrected chi connectivity index (χ1v) is 5.38. The number of benzene rings is 1.